The Kier molecular flexibility index (Phi) is 2.48. The zero-order valence-corrected chi connectivity index (χ0v) is 9.34. The Bertz CT molecular complexity index is 486. The molecule has 0 aromatic heterocycles. The van der Waals surface area contributed by atoms with Gasteiger partial charge in [-0.05, 0) is 19.1 Å². The molecule has 0 saturated heterocycles. The van der Waals surface area contributed by atoms with Gasteiger partial charge in [-0.3, -0.25) is 9.59 Å². The number of fused-ring (bicyclic) bond motifs is 1. The van der Waals surface area contributed by atoms with Crippen LogP contribution in [0.4, 0.5) is 5.69 Å². The topological polar surface area (TPSA) is 66.4 Å². The Morgan fingerprint density at radius 1 is 1.56 bits per heavy atom. The summed E-state index contributed by atoms with van der Waals surface area (Å²) in [4.78, 5) is 22.8. The maximum atomic E-state index is 11.7. The number of rotatable bonds is 2. The SMILES string of the molecule is CC(=O)C[C@]1(O)C(=O)Nc2cccc(Cl)c21. The molecule has 84 valence electrons. The van der Waals surface area contributed by atoms with Crippen LogP contribution in [-0.4, -0.2) is 16.8 Å². The van der Waals surface area contributed by atoms with E-state index in [2.05, 4.69) is 5.32 Å². The second kappa shape index (κ2) is 3.57. The Hall–Kier alpha value is -1.39. The minimum absolute atomic E-state index is 0.268. The van der Waals surface area contributed by atoms with E-state index in [1.165, 1.54) is 6.92 Å². The minimum atomic E-state index is -1.83. The van der Waals surface area contributed by atoms with E-state index in [0.717, 1.165) is 0 Å². The lowest BCUT2D eigenvalue weighted by molar-refractivity contribution is -0.139. The molecule has 0 aliphatic carbocycles. The van der Waals surface area contributed by atoms with Crippen molar-refractivity contribution in [2.75, 3.05) is 5.32 Å². The number of Topliss-reactive ketones (excluding diaryl/α,β-unsaturated/α-hetero) is 1. The van der Waals surface area contributed by atoms with Crippen molar-refractivity contribution >= 4 is 29.0 Å². The molecule has 1 heterocycles. The molecule has 16 heavy (non-hydrogen) atoms. The molecule has 0 radical (unpaired) electrons. The standard InChI is InChI=1S/C11H10ClNO3/c1-6(14)5-11(16)9-7(12)3-2-4-8(9)13-10(11)15/h2-4,16H,5H2,1H3,(H,13,15)/t11-/m1/s1. The lowest BCUT2D eigenvalue weighted by atomic mass is 9.90. The van der Waals surface area contributed by atoms with Crippen molar-refractivity contribution in [1.29, 1.82) is 0 Å². The van der Waals surface area contributed by atoms with Crippen LogP contribution in [0.5, 0.6) is 0 Å². The van der Waals surface area contributed by atoms with Gasteiger partial charge in [0.15, 0.2) is 5.60 Å². The van der Waals surface area contributed by atoms with Crippen molar-refractivity contribution in [2.45, 2.75) is 18.9 Å². The summed E-state index contributed by atoms with van der Waals surface area (Å²) in [5.41, 5.74) is -1.09. The van der Waals surface area contributed by atoms with Gasteiger partial charge in [0, 0.05) is 22.7 Å². The number of hydrogen-bond acceptors (Lipinski definition) is 3. The minimum Gasteiger partial charge on any atom is -0.375 e. The molecule has 2 N–H and O–H groups in total. The summed E-state index contributed by atoms with van der Waals surface area (Å²) in [5, 5.41) is 13.0. The molecule has 4 nitrogen and oxygen atoms in total. The van der Waals surface area contributed by atoms with Crippen LogP contribution in [0.25, 0.3) is 0 Å². The highest BCUT2D eigenvalue weighted by Gasteiger charge is 2.47. The summed E-state index contributed by atoms with van der Waals surface area (Å²) in [7, 11) is 0. The van der Waals surface area contributed by atoms with Gasteiger partial charge in [-0.25, -0.2) is 0 Å². The summed E-state index contributed by atoms with van der Waals surface area (Å²) in [5.74, 6) is -0.879. The maximum Gasteiger partial charge on any atom is 0.261 e. The molecular formula is C11H10ClNO3. The molecule has 1 aromatic rings. The number of carbonyl (C=O) groups excluding carboxylic acids is 2. The molecule has 1 aliphatic rings. The fourth-order valence-corrected chi connectivity index (χ4v) is 2.25. The van der Waals surface area contributed by atoms with Crippen LogP contribution in [0.15, 0.2) is 18.2 Å². The van der Waals surface area contributed by atoms with E-state index in [4.69, 9.17) is 11.6 Å². The summed E-state index contributed by atoms with van der Waals surface area (Å²) >= 11 is 5.94. The van der Waals surface area contributed by atoms with E-state index in [1.807, 2.05) is 0 Å². The fraction of sp³-hybridized carbons (Fsp3) is 0.273. The molecule has 1 amide bonds. The van der Waals surface area contributed by atoms with Gasteiger partial charge in [0.1, 0.15) is 5.78 Å². The third-order valence-electron chi connectivity index (χ3n) is 2.56. The normalized spacial score (nSPS) is 22.8. The van der Waals surface area contributed by atoms with Crippen molar-refractivity contribution < 1.29 is 14.7 Å². The summed E-state index contributed by atoms with van der Waals surface area (Å²) in [6.45, 7) is 1.32. The fourth-order valence-electron chi connectivity index (χ4n) is 1.92. The van der Waals surface area contributed by atoms with E-state index < -0.39 is 11.5 Å². The predicted octanol–water partition coefficient (Wildman–Crippen LogP) is 1.46. The van der Waals surface area contributed by atoms with Crippen molar-refractivity contribution in [2.24, 2.45) is 0 Å². The molecule has 1 aliphatic heterocycles. The molecule has 0 saturated carbocycles. The number of nitrogens with one attached hydrogen (secondary N) is 1. The van der Waals surface area contributed by atoms with Gasteiger partial charge < -0.3 is 10.4 Å². The maximum absolute atomic E-state index is 11.7. The van der Waals surface area contributed by atoms with Gasteiger partial charge in [-0.15, -0.1) is 0 Å². The van der Waals surface area contributed by atoms with Crippen molar-refractivity contribution in [3.8, 4) is 0 Å². The van der Waals surface area contributed by atoms with Gasteiger partial charge in [0.05, 0.1) is 0 Å². The van der Waals surface area contributed by atoms with Crippen LogP contribution in [0, 0.1) is 0 Å². The molecule has 0 fully saturated rings. The molecule has 0 unspecified atom stereocenters. The summed E-state index contributed by atoms with van der Waals surface area (Å²) in [6, 6.07) is 4.88. The van der Waals surface area contributed by atoms with Crippen LogP contribution in [-0.2, 0) is 15.2 Å². The number of aliphatic hydroxyl groups is 1. The quantitative estimate of drug-likeness (QED) is 0.821. The molecule has 5 heteroatoms. The van der Waals surface area contributed by atoms with Gasteiger partial charge in [0.25, 0.3) is 5.91 Å². The van der Waals surface area contributed by atoms with E-state index in [0.29, 0.717) is 5.69 Å². The van der Waals surface area contributed by atoms with Gasteiger partial charge in [0.2, 0.25) is 0 Å². The van der Waals surface area contributed by atoms with Gasteiger partial charge >= 0.3 is 0 Å². The number of benzene rings is 1. The zero-order chi connectivity index (χ0) is 11.9. The Balaban J connectivity index is 2.58. The second-order valence-corrected chi connectivity index (χ2v) is 4.26. The highest BCUT2D eigenvalue weighted by atomic mass is 35.5. The summed E-state index contributed by atoms with van der Waals surface area (Å²) in [6.07, 6.45) is -0.268. The average molecular weight is 240 g/mol. The Morgan fingerprint density at radius 2 is 2.25 bits per heavy atom. The highest BCUT2D eigenvalue weighted by Crippen LogP contribution is 2.42. The highest BCUT2D eigenvalue weighted by molar-refractivity contribution is 6.33. The number of hydrogen-bond donors (Lipinski definition) is 2. The van der Waals surface area contributed by atoms with Gasteiger partial charge in [-0.2, -0.15) is 0 Å². The van der Waals surface area contributed by atoms with E-state index >= 15 is 0 Å². The zero-order valence-electron chi connectivity index (χ0n) is 8.58. The predicted molar refractivity (Wildman–Crippen MR) is 59.3 cm³/mol. The molecule has 2 rings (SSSR count). The molecule has 1 atom stereocenters. The monoisotopic (exact) mass is 239 g/mol. The van der Waals surface area contributed by atoms with Crippen molar-refractivity contribution in [1.82, 2.24) is 0 Å². The Morgan fingerprint density at radius 3 is 2.88 bits per heavy atom. The molecular weight excluding hydrogens is 230 g/mol. The van der Waals surface area contributed by atoms with E-state index in [9.17, 15) is 14.7 Å². The lowest BCUT2D eigenvalue weighted by Gasteiger charge is -2.19. The first-order chi connectivity index (χ1) is 7.45. The molecule has 0 spiro atoms. The lowest BCUT2D eigenvalue weighted by Crippen LogP contribution is -2.36. The summed E-state index contributed by atoms with van der Waals surface area (Å²) < 4.78 is 0. The Labute approximate surface area is 97.2 Å². The molecule has 1 aromatic carbocycles. The number of anilines is 1. The smallest absolute Gasteiger partial charge is 0.261 e. The first-order valence-electron chi connectivity index (χ1n) is 4.77. The van der Waals surface area contributed by atoms with Crippen LogP contribution >= 0.6 is 11.6 Å². The number of amides is 1. The molecule has 0 bridgehead atoms. The van der Waals surface area contributed by atoms with Crippen LogP contribution in [0.3, 0.4) is 0 Å². The first kappa shape index (κ1) is 11.1. The average Bonchev–Trinajstić information content (AvgIpc) is 2.39. The van der Waals surface area contributed by atoms with Crippen molar-refractivity contribution in [3.05, 3.63) is 28.8 Å². The third kappa shape index (κ3) is 1.50. The number of ketones is 1. The second-order valence-electron chi connectivity index (χ2n) is 3.86. The van der Waals surface area contributed by atoms with Crippen LogP contribution < -0.4 is 5.32 Å². The van der Waals surface area contributed by atoms with Crippen LogP contribution in [0.2, 0.25) is 5.02 Å². The van der Waals surface area contributed by atoms with E-state index in [-0.39, 0.29) is 22.8 Å². The third-order valence-corrected chi connectivity index (χ3v) is 2.87. The number of halogens is 1. The first-order valence-corrected chi connectivity index (χ1v) is 5.15. The van der Waals surface area contributed by atoms with Crippen LogP contribution in [0.1, 0.15) is 18.9 Å². The number of carbonyl (C=O) groups is 2. The largest absolute Gasteiger partial charge is 0.375 e. The van der Waals surface area contributed by atoms with Crippen molar-refractivity contribution in [3.63, 3.8) is 0 Å². The van der Waals surface area contributed by atoms with E-state index in [1.54, 1.807) is 18.2 Å². The van der Waals surface area contributed by atoms with Gasteiger partial charge in [-0.1, -0.05) is 17.7 Å².